The highest BCUT2D eigenvalue weighted by atomic mass is 19.1. The summed E-state index contributed by atoms with van der Waals surface area (Å²) < 4.78 is 35.5. The van der Waals surface area contributed by atoms with Crippen molar-refractivity contribution in [1.29, 1.82) is 0 Å². The first-order chi connectivity index (χ1) is 15.1. The minimum atomic E-state index is -0.520. The Hall–Kier alpha value is -3.55. The lowest BCUT2D eigenvalue weighted by atomic mass is 10.2. The van der Waals surface area contributed by atoms with E-state index in [0.717, 1.165) is 11.6 Å². The van der Waals surface area contributed by atoms with E-state index in [1.165, 1.54) is 38.3 Å². The predicted octanol–water partition coefficient (Wildman–Crippen LogP) is 4.22. The smallest absolute Gasteiger partial charge is 0.255 e. The van der Waals surface area contributed by atoms with Gasteiger partial charge in [0.05, 0.1) is 38.6 Å². The highest BCUT2D eigenvalue weighted by molar-refractivity contribution is 5.96. The fraction of sp³-hybridized carbons (Fsp3) is 0.304. The number of benzene rings is 2. The molecule has 4 rings (SSSR count). The van der Waals surface area contributed by atoms with Crippen molar-refractivity contribution in [2.75, 3.05) is 20.8 Å². The summed E-state index contributed by atoms with van der Waals surface area (Å²) in [5, 5.41) is 2.70. The first-order valence-electron chi connectivity index (χ1n) is 9.94. The molecule has 0 aliphatic heterocycles. The van der Waals surface area contributed by atoms with Crippen molar-refractivity contribution < 1.29 is 27.8 Å². The van der Waals surface area contributed by atoms with E-state index in [1.54, 1.807) is 13.2 Å². The van der Waals surface area contributed by atoms with Gasteiger partial charge in [-0.1, -0.05) is 0 Å². The van der Waals surface area contributed by atoms with Gasteiger partial charge < -0.3 is 23.9 Å². The number of nitrogens with one attached hydrogen (secondary N) is 1. The van der Waals surface area contributed by atoms with Gasteiger partial charge in [0, 0.05) is 5.56 Å². The molecule has 0 spiro atoms. The Bertz CT molecular complexity index is 1080. The van der Waals surface area contributed by atoms with E-state index in [9.17, 15) is 9.18 Å². The van der Waals surface area contributed by atoms with Crippen molar-refractivity contribution >= 4 is 5.91 Å². The van der Waals surface area contributed by atoms with Crippen LogP contribution in [-0.2, 0) is 6.54 Å². The van der Waals surface area contributed by atoms with Gasteiger partial charge >= 0.3 is 0 Å². The number of hydrogen-bond donors (Lipinski definition) is 1. The second kappa shape index (κ2) is 9.07. The number of aromatic nitrogens is 1. The molecule has 1 aromatic heterocycles. The molecular weight excluding hydrogens is 403 g/mol. The summed E-state index contributed by atoms with van der Waals surface area (Å²) in [5.41, 5.74) is 1.37. The number of halogens is 1. The number of hydrogen-bond acceptors (Lipinski definition) is 6. The van der Waals surface area contributed by atoms with Gasteiger partial charge in [-0.15, -0.1) is 0 Å². The quantitative estimate of drug-likeness (QED) is 0.552. The number of carbonyl (C=O) groups excluding carboxylic acids is 1. The van der Waals surface area contributed by atoms with E-state index in [-0.39, 0.29) is 17.9 Å². The Morgan fingerprint density at radius 3 is 2.65 bits per heavy atom. The molecule has 0 saturated heterocycles. The number of rotatable bonds is 9. The van der Waals surface area contributed by atoms with E-state index < -0.39 is 11.7 Å². The molecule has 31 heavy (non-hydrogen) atoms. The minimum absolute atomic E-state index is 0.110. The van der Waals surface area contributed by atoms with Crippen LogP contribution in [0.2, 0.25) is 0 Å². The van der Waals surface area contributed by atoms with Crippen LogP contribution in [0.3, 0.4) is 0 Å². The number of carbonyl (C=O) groups is 1. The number of oxazole rings is 1. The van der Waals surface area contributed by atoms with Gasteiger partial charge in [0.15, 0.2) is 11.5 Å². The fourth-order valence-electron chi connectivity index (χ4n) is 3.06. The molecule has 1 aliphatic carbocycles. The van der Waals surface area contributed by atoms with Crippen molar-refractivity contribution in [2.45, 2.75) is 19.4 Å². The van der Waals surface area contributed by atoms with Gasteiger partial charge in [-0.3, -0.25) is 4.79 Å². The third kappa shape index (κ3) is 4.96. The highest BCUT2D eigenvalue weighted by Gasteiger charge is 2.23. The molecule has 1 fully saturated rings. The van der Waals surface area contributed by atoms with Crippen LogP contribution < -0.4 is 19.5 Å². The number of amides is 1. The van der Waals surface area contributed by atoms with Crippen LogP contribution in [0.1, 0.15) is 28.9 Å². The van der Waals surface area contributed by atoms with E-state index in [1.807, 2.05) is 12.1 Å². The Morgan fingerprint density at radius 1 is 1.13 bits per heavy atom. The summed E-state index contributed by atoms with van der Waals surface area (Å²) in [6.45, 7) is 0.773. The van der Waals surface area contributed by atoms with Crippen LogP contribution in [0.5, 0.6) is 17.2 Å². The first kappa shape index (κ1) is 20.7. The van der Waals surface area contributed by atoms with E-state index in [0.29, 0.717) is 35.6 Å². The van der Waals surface area contributed by atoms with Crippen LogP contribution in [0.25, 0.3) is 11.5 Å². The van der Waals surface area contributed by atoms with Crippen molar-refractivity contribution in [3.63, 3.8) is 0 Å². The number of nitrogens with zero attached hydrogens (tertiary/aromatic N) is 1. The third-order valence-electron chi connectivity index (χ3n) is 4.97. The van der Waals surface area contributed by atoms with Crippen molar-refractivity contribution in [1.82, 2.24) is 10.3 Å². The molecule has 1 aliphatic rings. The molecule has 162 valence electrons. The van der Waals surface area contributed by atoms with Crippen LogP contribution in [-0.4, -0.2) is 31.7 Å². The average Bonchev–Trinajstić information content (AvgIpc) is 3.50. The van der Waals surface area contributed by atoms with Crippen LogP contribution >= 0.6 is 0 Å². The minimum Gasteiger partial charge on any atom is -0.496 e. The molecule has 0 bridgehead atoms. The summed E-state index contributed by atoms with van der Waals surface area (Å²) in [6.07, 6.45) is 3.85. The molecular formula is C23H23FN2O5. The maximum absolute atomic E-state index is 13.5. The molecule has 0 atom stereocenters. The van der Waals surface area contributed by atoms with Crippen molar-refractivity contribution in [3.05, 3.63) is 59.7 Å². The van der Waals surface area contributed by atoms with Gasteiger partial charge in [0.2, 0.25) is 5.89 Å². The van der Waals surface area contributed by atoms with Crippen LogP contribution in [0, 0.1) is 11.7 Å². The van der Waals surface area contributed by atoms with E-state index in [2.05, 4.69) is 10.3 Å². The standard InChI is InChI=1S/C23H23FN2O5/c1-28-19-8-6-16(24)10-18(19)22(27)25-11-17-13-31-23(26-17)15-5-7-20(29-2)21(9-15)30-12-14-3-4-14/h5-10,13-14H,3-4,11-12H2,1-2H3,(H,25,27). The van der Waals surface area contributed by atoms with Gasteiger partial charge in [0.25, 0.3) is 5.91 Å². The SMILES string of the molecule is COc1ccc(-c2nc(CNC(=O)c3cc(F)ccc3OC)co2)cc1OCC1CC1. The first-order valence-corrected chi connectivity index (χ1v) is 9.94. The zero-order chi connectivity index (χ0) is 21.8. The molecule has 1 saturated carbocycles. The lowest BCUT2D eigenvalue weighted by molar-refractivity contribution is 0.0947. The predicted molar refractivity (Wildman–Crippen MR) is 111 cm³/mol. The largest absolute Gasteiger partial charge is 0.496 e. The Balaban J connectivity index is 1.44. The van der Waals surface area contributed by atoms with Crippen molar-refractivity contribution in [3.8, 4) is 28.7 Å². The fourth-order valence-corrected chi connectivity index (χ4v) is 3.06. The monoisotopic (exact) mass is 426 g/mol. The number of methoxy groups -OCH3 is 2. The molecule has 1 amide bonds. The molecule has 7 nitrogen and oxygen atoms in total. The number of ether oxygens (including phenoxy) is 3. The summed E-state index contributed by atoms with van der Waals surface area (Å²) in [5.74, 6) is 1.59. The second-order valence-electron chi connectivity index (χ2n) is 7.29. The molecule has 8 heteroatoms. The zero-order valence-corrected chi connectivity index (χ0v) is 17.3. The molecule has 0 unspecified atom stereocenters. The molecule has 3 aromatic rings. The lowest BCUT2D eigenvalue weighted by Crippen LogP contribution is -2.23. The maximum Gasteiger partial charge on any atom is 0.255 e. The molecule has 1 heterocycles. The average molecular weight is 426 g/mol. The Kier molecular flexibility index (Phi) is 6.06. The maximum atomic E-state index is 13.5. The van der Waals surface area contributed by atoms with E-state index >= 15 is 0 Å². The normalized spacial score (nSPS) is 13.0. The zero-order valence-electron chi connectivity index (χ0n) is 17.3. The van der Waals surface area contributed by atoms with Crippen LogP contribution in [0.15, 0.2) is 47.1 Å². The second-order valence-corrected chi connectivity index (χ2v) is 7.29. The molecule has 0 radical (unpaired) electrons. The summed E-state index contributed by atoms with van der Waals surface area (Å²) in [7, 11) is 3.02. The van der Waals surface area contributed by atoms with Gasteiger partial charge in [-0.2, -0.15) is 0 Å². The summed E-state index contributed by atoms with van der Waals surface area (Å²) in [4.78, 5) is 16.9. The van der Waals surface area contributed by atoms with Crippen molar-refractivity contribution in [2.24, 2.45) is 5.92 Å². The summed E-state index contributed by atoms with van der Waals surface area (Å²) >= 11 is 0. The summed E-state index contributed by atoms with van der Waals surface area (Å²) in [6, 6.07) is 9.23. The topological polar surface area (TPSA) is 82.8 Å². The lowest BCUT2D eigenvalue weighted by Gasteiger charge is -2.11. The van der Waals surface area contributed by atoms with Crippen LogP contribution in [0.4, 0.5) is 4.39 Å². The Labute approximate surface area is 179 Å². The van der Waals surface area contributed by atoms with Gasteiger partial charge in [0.1, 0.15) is 17.8 Å². The highest BCUT2D eigenvalue weighted by Crippen LogP contribution is 2.35. The van der Waals surface area contributed by atoms with E-state index in [4.69, 9.17) is 18.6 Å². The Morgan fingerprint density at radius 2 is 1.90 bits per heavy atom. The van der Waals surface area contributed by atoms with Gasteiger partial charge in [-0.25, -0.2) is 9.37 Å². The molecule has 2 aromatic carbocycles. The van der Waals surface area contributed by atoms with Gasteiger partial charge in [-0.05, 0) is 55.2 Å². The molecule has 1 N–H and O–H groups in total. The third-order valence-corrected chi connectivity index (χ3v) is 4.97.